The van der Waals surface area contributed by atoms with Crippen molar-refractivity contribution in [2.75, 3.05) is 30.4 Å². The minimum Gasteiger partial charge on any atom is -0.455 e. The maximum absolute atomic E-state index is 14.0. The summed E-state index contributed by atoms with van der Waals surface area (Å²) in [5, 5.41) is 12.5. The molecule has 1 saturated heterocycles. The molecule has 2 aliphatic heterocycles. The second kappa shape index (κ2) is 8.37. The summed E-state index contributed by atoms with van der Waals surface area (Å²) in [6.45, 7) is 5.96. The average Bonchev–Trinajstić information content (AvgIpc) is 3.09. The van der Waals surface area contributed by atoms with Gasteiger partial charge >= 0.3 is 6.01 Å². The number of thiophene rings is 1. The molecule has 1 aromatic carbocycles. The van der Waals surface area contributed by atoms with E-state index in [1.165, 1.54) is 21.0 Å². The van der Waals surface area contributed by atoms with Gasteiger partial charge in [-0.15, -0.1) is 11.3 Å². The maximum Gasteiger partial charge on any atom is 0.321 e. The predicted octanol–water partition coefficient (Wildman–Crippen LogP) is 4.66. The van der Waals surface area contributed by atoms with Crippen LogP contribution in [0, 0.1) is 5.95 Å². The van der Waals surface area contributed by atoms with Gasteiger partial charge < -0.3 is 25.4 Å². The van der Waals surface area contributed by atoms with Gasteiger partial charge in [0.15, 0.2) is 0 Å². The zero-order valence-corrected chi connectivity index (χ0v) is 19.5. The van der Waals surface area contributed by atoms with Gasteiger partial charge in [0.1, 0.15) is 17.7 Å². The molecule has 34 heavy (non-hydrogen) atoms. The Labute approximate surface area is 199 Å². The highest BCUT2D eigenvalue weighted by molar-refractivity contribution is 7.21. The largest absolute Gasteiger partial charge is 0.455 e. The summed E-state index contributed by atoms with van der Waals surface area (Å²) in [5.41, 5.74) is 3.12. The molecule has 0 amide bonds. The van der Waals surface area contributed by atoms with Crippen molar-refractivity contribution in [3.05, 3.63) is 47.2 Å². The molecule has 8 nitrogen and oxygen atoms in total. The molecule has 3 N–H and O–H groups in total. The Kier molecular flexibility index (Phi) is 5.19. The van der Waals surface area contributed by atoms with E-state index in [1.807, 2.05) is 18.2 Å². The first-order valence-corrected chi connectivity index (χ1v) is 12.0. The van der Waals surface area contributed by atoms with Gasteiger partial charge in [-0.1, -0.05) is 6.08 Å². The third-order valence-electron chi connectivity index (χ3n) is 5.85. The van der Waals surface area contributed by atoms with Crippen LogP contribution in [0.15, 0.2) is 36.4 Å². The predicted molar refractivity (Wildman–Crippen MR) is 132 cm³/mol. The number of nitrogens with one attached hydrogen (secondary N) is 3. The van der Waals surface area contributed by atoms with E-state index >= 15 is 0 Å². The van der Waals surface area contributed by atoms with Gasteiger partial charge in [0.25, 0.3) is 0 Å². The minimum atomic E-state index is -0.676. The van der Waals surface area contributed by atoms with Crippen LogP contribution in [0.5, 0.6) is 6.01 Å². The first-order chi connectivity index (χ1) is 16.6. The Hall–Kier alpha value is -3.50. The van der Waals surface area contributed by atoms with E-state index in [1.54, 1.807) is 11.3 Å². The molecule has 5 heterocycles. The summed E-state index contributed by atoms with van der Waals surface area (Å²) in [7, 11) is 0. The van der Waals surface area contributed by atoms with Crippen LogP contribution in [0.25, 0.3) is 26.7 Å². The Morgan fingerprint density at radius 3 is 2.85 bits per heavy atom. The molecule has 174 valence electrons. The van der Waals surface area contributed by atoms with Gasteiger partial charge in [-0.25, -0.2) is 4.98 Å². The number of benzene rings is 1. The number of ether oxygens (including phenoxy) is 2. The van der Waals surface area contributed by atoms with Crippen LogP contribution in [0.1, 0.15) is 18.7 Å². The van der Waals surface area contributed by atoms with Crippen LogP contribution < -0.4 is 20.7 Å². The summed E-state index contributed by atoms with van der Waals surface area (Å²) >= 11 is 1.77. The van der Waals surface area contributed by atoms with Crippen molar-refractivity contribution in [2.45, 2.75) is 26.0 Å². The molecule has 1 fully saturated rings. The zero-order chi connectivity index (χ0) is 23.2. The van der Waals surface area contributed by atoms with E-state index in [2.05, 4.69) is 51.9 Å². The van der Waals surface area contributed by atoms with Crippen molar-refractivity contribution in [1.82, 2.24) is 20.3 Å². The molecule has 0 aliphatic carbocycles. The number of nitrogens with zero attached hydrogens (tertiary/aromatic N) is 3. The Balaban J connectivity index is 1.36. The molecule has 0 bridgehead atoms. The van der Waals surface area contributed by atoms with Crippen molar-refractivity contribution >= 4 is 55.3 Å². The van der Waals surface area contributed by atoms with Crippen molar-refractivity contribution in [3.63, 3.8) is 0 Å². The average molecular weight is 479 g/mol. The number of allylic oxidation sites excluding steroid dienone is 1. The lowest BCUT2D eigenvalue weighted by Gasteiger charge is -2.25. The summed E-state index contributed by atoms with van der Waals surface area (Å²) in [5.74, 6) is 0.158. The van der Waals surface area contributed by atoms with Crippen molar-refractivity contribution < 1.29 is 13.9 Å². The number of halogens is 1. The molecule has 10 heteroatoms. The van der Waals surface area contributed by atoms with Gasteiger partial charge in [0.2, 0.25) is 5.95 Å². The van der Waals surface area contributed by atoms with Crippen molar-refractivity contribution in [3.8, 4) is 6.01 Å². The lowest BCUT2D eigenvalue weighted by atomic mass is 10.1. The Morgan fingerprint density at radius 2 is 2.06 bits per heavy atom. The van der Waals surface area contributed by atoms with Gasteiger partial charge in [0.05, 0.1) is 29.3 Å². The number of hydrogen-bond donors (Lipinski definition) is 3. The maximum atomic E-state index is 14.0. The number of fused-ring (bicyclic) bond motifs is 5. The zero-order valence-electron chi connectivity index (χ0n) is 18.7. The number of aromatic nitrogens is 3. The van der Waals surface area contributed by atoms with Crippen molar-refractivity contribution in [2.24, 2.45) is 0 Å². The normalized spacial score (nSPS) is 19.3. The summed E-state index contributed by atoms with van der Waals surface area (Å²) in [4.78, 5) is 13.9. The standard InChI is InChI=1S/C24H23FN6O2S/c1-3-15-23-22(26-9-12(2)27-15)21-14-4-7-19(28-16(14)5-6-17(21)34-23)30-20-8-18(25)29-24(31-20)33-13-10-32-11-13/h3-8,12-13,26-27H,9-11H2,1-2H3,(H,28,29,30,31)/b15-3+/t12-/m1/s1. The van der Waals surface area contributed by atoms with Gasteiger partial charge in [-0.3, -0.25) is 0 Å². The van der Waals surface area contributed by atoms with Gasteiger partial charge in [-0.2, -0.15) is 14.4 Å². The molecule has 3 aromatic heterocycles. The van der Waals surface area contributed by atoms with Gasteiger partial charge in [0, 0.05) is 39.8 Å². The number of rotatable bonds is 4. The van der Waals surface area contributed by atoms with Gasteiger partial charge in [-0.05, 0) is 38.1 Å². The van der Waals surface area contributed by atoms with Crippen LogP contribution in [-0.2, 0) is 4.74 Å². The fourth-order valence-electron chi connectivity index (χ4n) is 4.16. The second-order valence-corrected chi connectivity index (χ2v) is 9.45. The van der Waals surface area contributed by atoms with Crippen LogP contribution in [0.3, 0.4) is 0 Å². The number of anilines is 3. The SMILES string of the molecule is C/C=C1/N[C@H](C)CNc2c1sc1ccc3nc(Nc4cc(F)nc(OC5COC5)n4)ccc3c21. The Morgan fingerprint density at radius 1 is 1.18 bits per heavy atom. The molecule has 4 aromatic rings. The molecular weight excluding hydrogens is 455 g/mol. The van der Waals surface area contributed by atoms with E-state index in [4.69, 9.17) is 14.5 Å². The molecule has 0 radical (unpaired) electrons. The van der Waals surface area contributed by atoms with Crippen LogP contribution >= 0.6 is 11.3 Å². The molecule has 2 aliphatic rings. The van der Waals surface area contributed by atoms with E-state index in [0.29, 0.717) is 25.1 Å². The molecule has 0 saturated carbocycles. The molecule has 6 rings (SSSR count). The monoisotopic (exact) mass is 478 g/mol. The third kappa shape index (κ3) is 3.78. The van der Waals surface area contributed by atoms with E-state index < -0.39 is 5.95 Å². The quantitative estimate of drug-likeness (QED) is 0.365. The fraction of sp³-hybridized carbons (Fsp3) is 0.292. The highest BCUT2D eigenvalue weighted by Gasteiger charge is 2.23. The highest BCUT2D eigenvalue weighted by Crippen LogP contribution is 2.43. The minimum absolute atomic E-state index is 0.0204. The summed E-state index contributed by atoms with van der Waals surface area (Å²) < 4.78 is 25.9. The van der Waals surface area contributed by atoms with Crippen molar-refractivity contribution in [1.29, 1.82) is 0 Å². The van der Waals surface area contributed by atoms with E-state index in [9.17, 15) is 4.39 Å². The van der Waals surface area contributed by atoms with Crippen LogP contribution in [-0.4, -0.2) is 46.9 Å². The molecule has 0 unspecified atom stereocenters. The second-order valence-electron chi connectivity index (χ2n) is 8.40. The van der Waals surface area contributed by atoms with Crippen LogP contribution in [0.2, 0.25) is 0 Å². The molecule has 1 atom stereocenters. The van der Waals surface area contributed by atoms with E-state index in [0.717, 1.165) is 28.8 Å². The smallest absolute Gasteiger partial charge is 0.321 e. The summed E-state index contributed by atoms with van der Waals surface area (Å²) in [6, 6.07) is 9.55. The molecular formula is C24H23FN6O2S. The lowest BCUT2D eigenvalue weighted by Crippen LogP contribution is -2.39. The highest BCUT2D eigenvalue weighted by atomic mass is 32.1. The third-order valence-corrected chi connectivity index (χ3v) is 7.04. The summed E-state index contributed by atoms with van der Waals surface area (Å²) in [6.07, 6.45) is 1.98. The Bertz CT molecular complexity index is 1430. The molecule has 0 spiro atoms. The first-order valence-electron chi connectivity index (χ1n) is 11.2. The van der Waals surface area contributed by atoms with E-state index in [-0.39, 0.29) is 17.9 Å². The fourth-order valence-corrected chi connectivity index (χ4v) is 5.39. The van der Waals surface area contributed by atoms with Crippen LogP contribution in [0.4, 0.5) is 21.7 Å². The first kappa shape index (κ1) is 21.1. The topological polar surface area (TPSA) is 93.2 Å². The number of pyridine rings is 1. The number of hydrogen-bond acceptors (Lipinski definition) is 9. The lowest BCUT2D eigenvalue weighted by molar-refractivity contribution is -0.0833.